The lowest BCUT2D eigenvalue weighted by atomic mass is 9.97. The topological polar surface area (TPSA) is 15.3 Å². The highest BCUT2D eigenvalue weighted by Crippen LogP contribution is 2.32. The number of nitrogens with zero attached hydrogens (tertiary/aromatic N) is 1. The number of nitrogens with one attached hydrogen (secondary N) is 1. The predicted molar refractivity (Wildman–Crippen MR) is 80.6 cm³/mol. The van der Waals surface area contributed by atoms with Crippen LogP contribution in [0, 0.1) is 5.92 Å². The Morgan fingerprint density at radius 1 is 1.29 bits per heavy atom. The fraction of sp³-hybridized carbons (Fsp3) is 0.600. The molecule has 0 aliphatic carbocycles. The number of piperidine rings is 1. The summed E-state index contributed by atoms with van der Waals surface area (Å²) >= 11 is 0. The molecule has 0 spiro atoms. The zero-order valence-corrected chi connectivity index (χ0v) is 12.9. The number of hydrogen-bond donors (Lipinski definition) is 1. The summed E-state index contributed by atoms with van der Waals surface area (Å²) in [5.41, 5.74) is -0.124. The molecule has 1 unspecified atom stereocenters. The molecule has 0 amide bonds. The Morgan fingerprint density at radius 2 is 2.00 bits per heavy atom. The highest BCUT2D eigenvalue weighted by molar-refractivity contribution is 5.85. The minimum Gasteiger partial charge on any atom is -0.319 e. The Balaban J connectivity index is 0.00000220. The van der Waals surface area contributed by atoms with Crippen LogP contribution in [0.15, 0.2) is 24.3 Å². The van der Waals surface area contributed by atoms with Gasteiger partial charge in [0.25, 0.3) is 0 Å². The van der Waals surface area contributed by atoms with Crippen molar-refractivity contribution in [3.8, 4) is 0 Å². The molecule has 0 radical (unpaired) electrons. The molecule has 1 saturated heterocycles. The van der Waals surface area contributed by atoms with Gasteiger partial charge in [-0.1, -0.05) is 18.2 Å². The third-order valence-electron chi connectivity index (χ3n) is 3.81. The third-order valence-corrected chi connectivity index (χ3v) is 3.81. The zero-order chi connectivity index (χ0) is 14.6. The minimum atomic E-state index is -4.27. The Labute approximate surface area is 130 Å². The largest absolute Gasteiger partial charge is 0.416 e. The first-order valence-electron chi connectivity index (χ1n) is 7.02. The normalized spacial score (nSPS) is 20.1. The molecule has 2 rings (SSSR count). The van der Waals surface area contributed by atoms with Crippen molar-refractivity contribution in [1.82, 2.24) is 10.2 Å². The Kier molecular flexibility index (Phi) is 6.97. The number of alkyl halides is 3. The second-order valence-electron chi connectivity index (χ2n) is 5.46. The first-order valence-corrected chi connectivity index (χ1v) is 7.02. The maximum atomic E-state index is 13.0. The molecular formula is C15H22ClF3N2. The van der Waals surface area contributed by atoms with Gasteiger partial charge in [0.2, 0.25) is 0 Å². The molecule has 1 aliphatic heterocycles. The minimum absolute atomic E-state index is 0. The van der Waals surface area contributed by atoms with Gasteiger partial charge in [0.1, 0.15) is 0 Å². The van der Waals surface area contributed by atoms with Gasteiger partial charge in [-0.05, 0) is 50.5 Å². The SMILES string of the molecule is CNCC1CCCN(Cc2ccccc2C(F)(F)F)C1.Cl. The van der Waals surface area contributed by atoms with Crippen LogP contribution in [0.2, 0.25) is 0 Å². The van der Waals surface area contributed by atoms with Crippen molar-refractivity contribution in [2.45, 2.75) is 25.6 Å². The Hall–Kier alpha value is -0.780. The van der Waals surface area contributed by atoms with Gasteiger partial charge in [-0.15, -0.1) is 12.4 Å². The molecule has 1 fully saturated rings. The van der Waals surface area contributed by atoms with Crippen molar-refractivity contribution in [3.05, 3.63) is 35.4 Å². The molecule has 1 N–H and O–H groups in total. The van der Waals surface area contributed by atoms with Crippen molar-refractivity contribution in [2.75, 3.05) is 26.7 Å². The standard InChI is InChI=1S/C15H21F3N2.ClH/c1-19-9-12-5-4-8-20(10-12)11-13-6-2-3-7-14(13)15(16,17)18;/h2-3,6-7,12,19H,4-5,8-11H2,1H3;1H. The highest BCUT2D eigenvalue weighted by Gasteiger charge is 2.33. The van der Waals surface area contributed by atoms with E-state index in [2.05, 4.69) is 10.2 Å². The zero-order valence-electron chi connectivity index (χ0n) is 12.1. The van der Waals surface area contributed by atoms with Crippen LogP contribution >= 0.6 is 12.4 Å². The molecule has 0 saturated carbocycles. The fourth-order valence-electron chi connectivity index (χ4n) is 2.93. The molecule has 0 aromatic heterocycles. The summed E-state index contributed by atoms with van der Waals surface area (Å²) < 4.78 is 38.9. The van der Waals surface area contributed by atoms with Gasteiger partial charge in [-0.2, -0.15) is 13.2 Å². The molecule has 1 aromatic rings. The smallest absolute Gasteiger partial charge is 0.319 e. The summed E-state index contributed by atoms with van der Waals surface area (Å²) in [5, 5.41) is 3.15. The Bertz CT molecular complexity index is 435. The van der Waals surface area contributed by atoms with E-state index in [1.54, 1.807) is 12.1 Å². The molecule has 6 heteroatoms. The molecule has 0 bridgehead atoms. The molecule has 1 heterocycles. The van der Waals surface area contributed by atoms with Crippen LogP contribution in [0.4, 0.5) is 13.2 Å². The highest BCUT2D eigenvalue weighted by atomic mass is 35.5. The van der Waals surface area contributed by atoms with Crippen LogP contribution in [-0.4, -0.2) is 31.6 Å². The van der Waals surface area contributed by atoms with E-state index in [9.17, 15) is 13.2 Å². The monoisotopic (exact) mass is 322 g/mol. The van der Waals surface area contributed by atoms with E-state index in [-0.39, 0.29) is 12.4 Å². The van der Waals surface area contributed by atoms with Gasteiger partial charge in [-0.25, -0.2) is 0 Å². The van der Waals surface area contributed by atoms with E-state index in [4.69, 9.17) is 0 Å². The molecule has 1 atom stereocenters. The van der Waals surface area contributed by atoms with E-state index < -0.39 is 11.7 Å². The molecule has 1 aliphatic rings. The summed E-state index contributed by atoms with van der Waals surface area (Å²) in [7, 11) is 1.91. The summed E-state index contributed by atoms with van der Waals surface area (Å²) in [6, 6.07) is 5.89. The predicted octanol–water partition coefficient (Wildman–Crippen LogP) is 3.56. The lowest BCUT2D eigenvalue weighted by molar-refractivity contribution is -0.138. The van der Waals surface area contributed by atoms with E-state index in [1.807, 2.05) is 7.05 Å². The van der Waals surface area contributed by atoms with Crippen LogP contribution < -0.4 is 5.32 Å². The molecule has 21 heavy (non-hydrogen) atoms. The number of hydrogen-bond acceptors (Lipinski definition) is 2. The van der Waals surface area contributed by atoms with Gasteiger partial charge in [-0.3, -0.25) is 4.90 Å². The van der Waals surface area contributed by atoms with E-state index >= 15 is 0 Å². The van der Waals surface area contributed by atoms with Crippen molar-refractivity contribution >= 4 is 12.4 Å². The van der Waals surface area contributed by atoms with Crippen molar-refractivity contribution < 1.29 is 13.2 Å². The lowest BCUT2D eigenvalue weighted by Crippen LogP contribution is -2.38. The summed E-state index contributed by atoms with van der Waals surface area (Å²) in [6.45, 7) is 3.06. The van der Waals surface area contributed by atoms with Crippen molar-refractivity contribution in [3.63, 3.8) is 0 Å². The molecule has 120 valence electrons. The number of halogens is 4. The van der Waals surface area contributed by atoms with E-state index in [0.29, 0.717) is 18.0 Å². The molecule has 1 aromatic carbocycles. The van der Waals surface area contributed by atoms with Crippen LogP contribution in [-0.2, 0) is 12.7 Å². The lowest BCUT2D eigenvalue weighted by Gasteiger charge is -2.33. The number of rotatable bonds is 4. The molecular weight excluding hydrogens is 301 g/mol. The van der Waals surface area contributed by atoms with Crippen LogP contribution in [0.25, 0.3) is 0 Å². The molecule has 2 nitrogen and oxygen atoms in total. The van der Waals surface area contributed by atoms with Crippen LogP contribution in [0.5, 0.6) is 0 Å². The van der Waals surface area contributed by atoms with Gasteiger partial charge in [0, 0.05) is 13.1 Å². The first kappa shape index (κ1) is 18.3. The third kappa shape index (κ3) is 5.16. The van der Waals surface area contributed by atoms with Crippen LogP contribution in [0.1, 0.15) is 24.0 Å². The van der Waals surface area contributed by atoms with Gasteiger partial charge in [0.15, 0.2) is 0 Å². The number of benzene rings is 1. The van der Waals surface area contributed by atoms with Crippen molar-refractivity contribution in [1.29, 1.82) is 0 Å². The quantitative estimate of drug-likeness (QED) is 0.912. The van der Waals surface area contributed by atoms with E-state index in [1.165, 1.54) is 12.1 Å². The Morgan fingerprint density at radius 3 is 2.67 bits per heavy atom. The van der Waals surface area contributed by atoms with Crippen LogP contribution in [0.3, 0.4) is 0 Å². The number of likely N-dealkylation sites (tertiary alicyclic amines) is 1. The maximum absolute atomic E-state index is 13.0. The summed E-state index contributed by atoms with van der Waals surface area (Å²) in [5.74, 6) is 0.534. The van der Waals surface area contributed by atoms with Crippen molar-refractivity contribution in [2.24, 2.45) is 5.92 Å². The second-order valence-corrected chi connectivity index (χ2v) is 5.46. The fourth-order valence-corrected chi connectivity index (χ4v) is 2.93. The average Bonchev–Trinajstić information content (AvgIpc) is 2.39. The summed E-state index contributed by atoms with van der Waals surface area (Å²) in [6.07, 6.45) is -2.06. The average molecular weight is 323 g/mol. The summed E-state index contributed by atoms with van der Waals surface area (Å²) in [4.78, 5) is 2.14. The van der Waals surface area contributed by atoms with Gasteiger partial charge >= 0.3 is 6.18 Å². The van der Waals surface area contributed by atoms with Gasteiger partial charge < -0.3 is 5.32 Å². The maximum Gasteiger partial charge on any atom is 0.416 e. The van der Waals surface area contributed by atoms with E-state index in [0.717, 1.165) is 32.5 Å². The second kappa shape index (κ2) is 8.01. The van der Waals surface area contributed by atoms with Gasteiger partial charge in [0.05, 0.1) is 5.56 Å². The first-order chi connectivity index (χ1) is 9.50.